The molecule has 0 unspecified atom stereocenters. The molecular weight excluding hydrogens is 285 g/mol. The molecule has 92 valence electrons. The average Bonchev–Trinajstić information content (AvgIpc) is 2.23. The monoisotopic (exact) mass is 299 g/mol. The van der Waals surface area contributed by atoms with Crippen molar-refractivity contribution < 1.29 is 9.13 Å². The van der Waals surface area contributed by atoms with Crippen LogP contribution in [0.25, 0.3) is 0 Å². The van der Waals surface area contributed by atoms with Crippen LogP contribution in [0.4, 0.5) is 4.39 Å². The van der Waals surface area contributed by atoms with E-state index in [0.717, 1.165) is 12.8 Å². The molecule has 0 aliphatic heterocycles. The van der Waals surface area contributed by atoms with E-state index in [-0.39, 0.29) is 11.2 Å². The first-order valence-corrected chi connectivity index (χ1v) is 6.22. The zero-order valence-electron chi connectivity index (χ0n) is 9.96. The van der Waals surface area contributed by atoms with Crippen molar-refractivity contribution in [3.8, 4) is 11.8 Å². The number of nitrogens with zero attached hydrogens (tertiary/aromatic N) is 1. The lowest BCUT2D eigenvalue weighted by atomic mass is 9.90. The second kappa shape index (κ2) is 6.02. The third-order valence-corrected chi connectivity index (χ3v) is 2.81. The highest BCUT2D eigenvalue weighted by Gasteiger charge is 2.15. The highest BCUT2D eigenvalue weighted by atomic mass is 79.9. The molecule has 0 fully saturated rings. The summed E-state index contributed by atoms with van der Waals surface area (Å²) in [6, 6.07) is 6.68. The lowest BCUT2D eigenvalue weighted by Crippen LogP contribution is -2.10. The van der Waals surface area contributed by atoms with Crippen LogP contribution >= 0.6 is 15.9 Å². The van der Waals surface area contributed by atoms with Crippen molar-refractivity contribution >= 4 is 15.9 Å². The van der Waals surface area contributed by atoms with Gasteiger partial charge in [-0.3, -0.25) is 0 Å². The van der Waals surface area contributed by atoms with Gasteiger partial charge in [0.1, 0.15) is 11.6 Å². The Morgan fingerprint density at radius 3 is 2.71 bits per heavy atom. The maximum absolute atomic E-state index is 13.0. The van der Waals surface area contributed by atoms with Crippen LogP contribution in [-0.2, 0) is 0 Å². The molecule has 0 bridgehead atoms. The molecule has 1 aromatic carbocycles. The Kier molecular flexibility index (Phi) is 4.95. The van der Waals surface area contributed by atoms with Crippen LogP contribution in [0.15, 0.2) is 22.7 Å². The van der Waals surface area contributed by atoms with E-state index in [9.17, 15) is 4.39 Å². The number of halogens is 2. The third-order valence-electron chi connectivity index (χ3n) is 2.35. The summed E-state index contributed by atoms with van der Waals surface area (Å²) in [7, 11) is 0. The van der Waals surface area contributed by atoms with Gasteiger partial charge in [0.15, 0.2) is 0 Å². The topological polar surface area (TPSA) is 33.0 Å². The standard InChI is InChI=1S/C13H15BrFNO/c1-13(2,9-16)4-3-5-17-12-7-10(14)6-11(15)8-12/h6-8H,3-5H2,1-2H3. The predicted octanol–water partition coefficient (Wildman–Crippen LogP) is 4.30. The summed E-state index contributed by atoms with van der Waals surface area (Å²) in [6.45, 7) is 4.28. The summed E-state index contributed by atoms with van der Waals surface area (Å²) >= 11 is 3.20. The SMILES string of the molecule is CC(C)(C#N)CCCOc1cc(F)cc(Br)c1. The molecule has 0 aromatic heterocycles. The van der Waals surface area contributed by atoms with Crippen molar-refractivity contribution in [1.29, 1.82) is 5.26 Å². The molecule has 2 nitrogen and oxygen atoms in total. The van der Waals surface area contributed by atoms with E-state index in [1.54, 1.807) is 6.07 Å². The molecule has 0 saturated carbocycles. The van der Waals surface area contributed by atoms with Crippen LogP contribution < -0.4 is 4.74 Å². The molecule has 0 spiro atoms. The highest BCUT2D eigenvalue weighted by molar-refractivity contribution is 9.10. The molecule has 1 aromatic rings. The first-order valence-electron chi connectivity index (χ1n) is 5.43. The largest absolute Gasteiger partial charge is 0.493 e. The quantitative estimate of drug-likeness (QED) is 0.760. The molecule has 0 saturated heterocycles. The van der Waals surface area contributed by atoms with Crippen LogP contribution in [0, 0.1) is 22.6 Å². The van der Waals surface area contributed by atoms with Gasteiger partial charge in [0.2, 0.25) is 0 Å². The second-order valence-corrected chi connectivity index (χ2v) is 5.47. The van der Waals surface area contributed by atoms with Gasteiger partial charge in [0.05, 0.1) is 18.1 Å². The fraction of sp³-hybridized carbons (Fsp3) is 0.462. The lowest BCUT2D eigenvalue weighted by molar-refractivity contribution is 0.283. The Bertz CT molecular complexity index is 406. The smallest absolute Gasteiger partial charge is 0.128 e. The average molecular weight is 300 g/mol. The van der Waals surface area contributed by atoms with Crippen molar-refractivity contribution in [3.63, 3.8) is 0 Å². The summed E-state index contributed by atoms with van der Waals surface area (Å²) in [5.41, 5.74) is -0.327. The van der Waals surface area contributed by atoms with Crippen LogP contribution in [0.5, 0.6) is 5.75 Å². The molecule has 0 N–H and O–H groups in total. The molecule has 17 heavy (non-hydrogen) atoms. The first-order chi connectivity index (χ1) is 7.93. The Balaban J connectivity index is 2.39. The van der Waals surface area contributed by atoms with Gasteiger partial charge >= 0.3 is 0 Å². The predicted molar refractivity (Wildman–Crippen MR) is 68.2 cm³/mol. The van der Waals surface area contributed by atoms with Crippen LogP contribution in [0.2, 0.25) is 0 Å². The minimum absolute atomic E-state index is 0.327. The summed E-state index contributed by atoms with van der Waals surface area (Å²) in [4.78, 5) is 0. The molecule has 0 atom stereocenters. The summed E-state index contributed by atoms with van der Waals surface area (Å²) < 4.78 is 19.1. The normalized spacial score (nSPS) is 11.0. The number of rotatable bonds is 5. The lowest BCUT2D eigenvalue weighted by Gasteiger charge is -2.14. The van der Waals surface area contributed by atoms with E-state index in [0.29, 0.717) is 16.8 Å². The number of nitriles is 1. The van der Waals surface area contributed by atoms with Gasteiger partial charge in [-0.1, -0.05) is 15.9 Å². The molecule has 0 amide bonds. The highest BCUT2D eigenvalue weighted by Crippen LogP contribution is 2.23. The van der Waals surface area contributed by atoms with Crippen molar-refractivity contribution in [1.82, 2.24) is 0 Å². The van der Waals surface area contributed by atoms with E-state index in [2.05, 4.69) is 22.0 Å². The van der Waals surface area contributed by atoms with Gasteiger partial charge < -0.3 is 4.74 Å². The maximum atomic E-state index is 13.0. The summed E-state index contributed by atoms with van der Waals surface area (Å²) in [5.74, 6) is 0.179. The van der Waals surface area contributed by atoms with Crippen molar-refractivity contribution in [2.24, 2.45) is 5.41 Å². The maximum Gasteiger partial charge on any atom is 0.128 e. The number of hydrogen-bond acceptors (Lipinski definition) is 2. The van der Waals surface area contributed by atoms with Crippen molar-refractivity contribution in [3.05, 3.63) is 28.5 Å². The number of ether oxygens (including phenoxy) is 1. The van der Waals surface area contributed by atoms with Crippen LogP contribution in [0.1, 0.15) is 26.7 Å². The Hall–Kier alpha value is -1.08. The van der Waals surface area contributed by atoms with Gasteiger partial charge in [-0.2, -0.15) is 5.26 Å². The molecule has 1 rings (SSSR count). The first kappa shape index (κ1) is 14.0. The van der Waals surface area contributed by atoms with Gasteiger partial charge in [0.25, 0.3) is 0 Å². The van der Waals surface area contributed by atoms with Crippen LogP contribution in [0.3, 0.4) is 0 Å². The molecule has 0 aliphatic rings. The van der Waals surface area contributed by atoms with E-state index in [4.69, 9.17) is 10.00 Å². The minimum Gasteiger partial charge on any atom is -0.493 e. The van der Waals surface area contributed by atoms with Crippen molar-refractivity contribution in [2.75, 3.05) is 6.61 Å². The van der Waals surface area contributed by atoms with Crippen molar-refractivity contribution in [2.45, 2.75) is 26.7 Å². The van der Waals surface area contributed by atoms with E-state index in [1.807, 2.05) is 13.8 Å². The zero-order valence-corrected chi connectivity index (χ0v) is 11.6. The van der Waals surface area contributed by atoms with E-state index < -0.39 is 0 Å². The van der Waals surface area contributed by atoms with Gasteiger partial charge in [-0.15, -0.1) is 0 Å². The minimum atomic E-state index is -0.327. The Morgan fingerprint density at radius 1 is 1.41 bits per heavy atom. The Morgan fingerprint density at radius 2 is 2.12 bits per heavy atom. The number of benzene rings is 1. The fourth-order valence-electron chi connectivity index (χ4n) is 1.37. The fourth-order valence-corrected chi connectivity index (χ4v) is 1.82. The molecular formula is C13H15BrFNO. The van der Waals surface area contributed by atoms with E-state index >= 15 is 0 Å². The van der Waals surface area contributed by atoms with Gasteiger partial charge in [-0.05, 0) is 38.8 Å². The zero-order chi connectivity index (χ0) is 12.9. The molecule has 0 aliphatic carbocycles. The van der Waals surface area contributed by atoms with Crippen LogP contribution in [-0.4, -0.2) is 6.61 Å². The van der Waals surface area contributed by atoms with Gasteiger partial charge in [0, 0.05) is 10.5 Å². The van der Waals surface area contributed by atoms with Gasteiger partial charge in [-0.25, -0.2) is 4.39 Å². The molecule has 0 heterocycles. The second-order valence-electron chi connectivity index (χ2n) is 4.55. The summed E-state index contributed by atoms with van der Waals surface area (Å²) in [5, 5.41) is 8.84. The molecule has 0 radical (unpaired) electrons. The third kappa shape index (κ3) is 5.18. The Labute approximate surface area is 110 Å². The summed E-state index contributed by atoms with van der Waals surface area (Å²) in [6.07, 6.45) is 1.54. The van der Waals surface area contributed by atoms with E-state index in [1.165, 1.54) is 12.1 Å². The molecule has 4 heteroatoms. The number of hydrogen-bond donors (Lipinski definition) is 0.